The zero-order valence-corrected chi connectivity index (χ0v) is 9.97. The fourth-order valence-corrected chi connectivity index (χ4v) is 2.68. The zero-order valence-electron chi connectivity index (χ0n) is 9.07. The molecule has 2 heterocycles. The van der Waals surface area contributed by atoms with E-state index in [0.29, 0.717) is 18.9 Å². The van der Waals surface area contributed by atoms with Gasteiger partial charge < -0.3 is 4.74 Å². The predicted molar refractivity (Wildman–Crippen MR) is 59.8 cm³/mol. The Hall–Kier alpha value is -1.08. The average Bonchev–Trinajstić information content (AvgIpc) is 2.66. The van der Waals surface area contributed by atoms with Crippen molar-refractivity contribution >= 4 is 16.6 Å². The van der Waals surface area contributed by atoms with Crippen molar-refractivity contribution in [2.24, 2.45) is 7.05 Å². The van der Waals surface area contributed by atoms with Crippen LogP contribution in [-0.2, 0) is 22.7 Å². The molecular formula is C9H15N3O3S. The lowest BCUT2D eigenvalue weighted by atomic mass is 10.1. The fourth-order valence-electron chi connectivity index (χ4n) is 1.89. The molecule has 0 spiro atoms. The molecule has 0 atom stereocenters. The molecule has 1 aromatic rings. The van der Waals surface area contributed by atoms with Crippen molar-refractivity contribution in [3.05, 3.63) is 12.4 Å². The summed E-state index contributed by atoms with van der Waals surface area (Å²) in [6, 6.07) is -0.000869. The van der Waals surface area contributed by atoms with Gasteiger partial charge in [-0.05, 0) is 12.8 Å². The van der Waals surface area contributed by atoms with Crippen molar-refractivity contribution < 1.29 is 13.2 Å². The monoisotopic (exact) mass is 245 g/mol. The van der Waals surface area contributed by atoms with Gasteiger partial charge in [0.1, 0.15) is 0 Å². The van der Waals surface area contributed by atoms with Crippen molar-refractivity contribution in [2.45, 2.75) is 18.9 Å². The summed E-state index contributed by atoms with van der Waals surface area (Å²) >= 11 is 0. The summed E-state index contributed by atoms with van der Waals surface area (Å²) in [5, 5.41) is 3.99. The first-order chi connectivity index (χ1) is 7.68. The Bertz CT molecular complexity index is 415. The lowest BCUT2D eigenvalue weighted by Crippen LogP contribution is -2.38. The molecule has 1 saturated heterocycles. The summed E-state index contributed by atoms with van der Waals surface area (Å²) in [4.78, 5) is 0. The molecule has 0 aromatic carbocycles. The molecule has 7 heteroatoms. The van der Waals surface area contributed by atoms with Gasteiger partial charge >= 0.3 is 0 Å². The van der Waals surface area contributed by atoms with Crippen LogP contribution in [0.1, 0.15) is 12.8 Å². The van der Waals surface area contributed by atoms with Crippen LogP contribution in [0.25, 0.3) is 0 Å². The van der Waals surface area contributed by atoms with Gasteiger partial charge in [0.2, 0.25) is 10.9 Å². The van der Waals surface area contributed by atoms with E-state index in [0.717, 1.165) is 12.8 Å². The highest BCUT2D eigenvalue weighted by atomic mass is 32.2. The quantitative estimate of drug-likeness (QED) is 0.757. The second kappa shape index (κ2) is 4.84. The number of ether oxygens (including phenoxy) is 1. The van der Waals surface area contributed by atoms with Gasteiger partial charge in [-0.3, -0.25) is 8.99 Å². The zero-order chi connectivity index (χ0) is 11.5. The number of anilines is 1. The second-order valence-corrected chi connectivity index (χ2v) is 4.70. The Morgan fingerprint density at radius 1 is 1.50 bits per heavy atom. The molecule has 1 aliphatic rings. The van der Waals surface area contributed by atoms with Crippen LogP contribution in [-0.4, -0.2) is 37.5 Å². The Morgan fingerprint density at radius 2 is 2.19 bits per heavy atom. The molecule has 16 heavy (non-hydrogen) atoms. The maximum absolute atomic E-state index is 11.3. The van der Waals surface area contributed by atoms with Crippen LogP contribution in [0.2, 0.25) is 0 Å². The van der Waals surface area contributed by atoms with Crippen LogP contribution >= 0.6 is 0 Å². The van der Waals surface area contributed by atoms with Crippen LogP contribution in [0.15, 0.2) is 12.4 Å². The lowest BCUT2D eigenvalue weighted by Gasteiger charge is -2.30. The van der Waals surface area contributed by atoms with Crippen molar-refractivity contribution in [1.82, 2.24) is 9.78 Å². The smallest absolute Gasteiger partial charge is 0.225 e. The van der Waals surface area contributed by atoms with Gasteiger partial charge in [0.05, 0.1) is 11.9 Å². The number of rotatable bonds is 3. The second-order valence-electron chi connectivity index (χ2n) is 3.80. The molecule has 0 aliphatic carbocycles. The minimum atomic E-state index is -2.63. The van der Waals surface area contributed by atoms with E-state index in [9.17, 15) is 8.42 Å². The van der Waals surface area contributed by atoms with Gasteiger partial charge in [0.15, 0.2) is 0 Å². The SMILES string of the molecule is Cn1cc(N(C2CCOCC2)[SH](=O)=O)cn1. The van der Waals surface area contributed by atoms with E-state index in [1.54, 1.807) is 24.1 Å². The standard InChI is InChI=1S/C9H15N3O3S/c1-11-7-9(6-10-11)12(16(13)14)8-2-4-15-5-3-8/h6-8,16H,2-5H2,1H3. The van der Waals surface area contributed by atoms with E-state index < -0.39 is 10.9 Å². The topological polar surface area (TPSA) is 64.4 Å². The van der Waals surface area contributed by atoms with Gasteiger partial charge in [-0.15, -0.1) is 0 Å². The third-order valence-electron chi connectivity index (χ3n) is 2.67. The number of hydrogen-bond donors (Lipinski definition) is 1. The van der Waals surface area contributed by atoms with Crippen LogP contribution in [0.4, 0.5) is 5.69 Å². The highest BCUT2D eigenvalue weighted by molar-refractivity contribution is 7.74. The highest BCUT2D eigenvalue weighted by Crippen LogP contribution is 2.22. The molecular weight excluding hydrogens is 230 g/mol. The number of aromatic nitrogens is 2. The van der Waals surface area contributed by atoms with E-state index in [2.05, 4.69) is 5.10 Å². The van der Waals surface area contributed by atoms with Crippen molar-refractivity contribution in [2.75, 3.05) is 17.5 Å². The predicted octanol–water partition coefficient (Wildman–Crippen LogP) is -0.0681. The third-order valence-corrected chi connectivity index (χ3v) is 3.58. The molecule has 1 aliphatic heterocycles. The molecule has 0 saturated carbocycles. The molecule has 1 aromatic heterocycles. The van der Waals surface area contributed by atoms with Crippen LogP contribution in [0, 0.1) is 0 Å². The van der Waals surface area contributed by atoms with Crippen LogP contribution < -0.4 is 4.31 Å². The first-order valence-corrected chi connectivity index (χ1v) is 6.31. The molecule has 0 radical (unpaired) electrons. The molecule has 90 valence electrons. The molecule has 0 N–H and O–H groups in total. The summed E-state index contributed by atoms with van der Waals surface area (Å²) in [6.45, 7) is 1.23. The minimum absolute atomic E-state index is 0.000869. The third kappa shape index (κ3) is 2.35. The Kier molecular flexibility index (Phi) is 3.45. The highest BCUT2D eigenvalue weighted by Gasteiger charge is 2.24. The summed E-state index contributed by atoms with van der Waals surface area (Å²) in [5.74, 6) is 0. The Labute approximate surface area is 95.9 Å². The lowest BCUT2D eigenvalue weighted by molar-refractivity contribution is 0.0877. The maximum Gasteiger partial charge on any atom is 0.225 e. The van der Waals surface area contributed by atoms with Crippen LogP contribution in [0.5, 0.6) is 0 Å². The van der Waals surface area contributed by atoms with Crippen molar-refractivity contribution in [3.8, 4) is 0 Å². The fraction of sp³-hybridized carbons (Fsp3) is 0.667. The first kappa shape index (κ1) is 11.4. The van der Waals surface area contributed by atoms with E-state index in [-0.39, 0.29) is 6.04 Å². The average molecular weight is 245 g/mol. The largest absolute Gasteiger partial charge is 0.381 e. The van der Waals surface area contributed by atoms with E-state index >= 15 is 0 Å². The van der Waals surface area contributed by atoms with Gasteiger partial charge in [-0.2, -0.15) is 5.10 Å². The summed E-state index contributed by atoms with van der Waals surface area (Å²) in [7, 11) is -0.858. The normalized spacial score (nSPS) is 17.9. The summed E-state index contributed by atoms with van der Waals surface area (Å²) in [6.07, 6.45) is 4.75. The Balaban J connectivity index is 2.22. The van der Waals surface area contributed by atoms with Gasteiger partial charge in [0.25, 0.3) is 0 Å². The summed E-state index contributed by atoms with van der Waals surface area (Å²) < 4.78 is 30.8. The number of aryl methyl sites for hydroxylation is 1. The first-order valence-electron chi connectivity index (χ1n) is 5.18. The molecule has 1 fully saturated rings. The van der Waals surface area contributed by atoms with Crippen molar-refractivity contribution in [1.29, 1.82) is 0 Å². The molecule has 0 amide bonds. The maximum atomic E-state index is 11.3. The van der Waals surface area contributed by atoms with Gasteiger partial charge in [0, 0.05) is 32.5 Å². The number of nitrogens with zero attached hydrogens (tertiary/aromatic N) is 3. The van der Waals surface area contributed by atoms with E-state index in [1.165, 1.54) is 4.31 Å². The number of thiol groups is 1. The minimum Gasteiger partial charge on any atom is -0.381 e. The molecule has 0 bridgehead atoms. The van der Waals surface area contributed by atoms with Gasteiger partial charge in [-0.25, -0.2) is 8.42 Å². The van der Waals surface area contributed by atoms with Crippen LogP contribution in [0.3, 0.4) is 0 Å². The molecule has 6 nitrogen and oxygen atoms in total. The summed E-state index contributed by atoms with van der Waals surface area (Å²) in [5.41, 5.74) is 0.630. The van der Waals surface area contributed by atoms with Gasteiger partial charge in [-0.1, -0.05) is 0 Å². The molecule has 2 rings (SSSR count). The number of hydrogen-bond acceptors (Lipinski definition) is 4. The molecule has 0 unspecified atom stereocenters. The van der Waals surface area contributed by atoms with Crippen molar-refractivity contribution in [3.63, 3.8) is 0 Å². The Morgan fingerprint density at radius 3 is 2.69 bits per heavy atom. The van der Waals surface area contributed by atoms with E-state index in [4.69, 9.17) is 4.74 Å². The van der Waals surface area contributed by atoms with E-state index in [1.807, 2.05) is 0 Å².